The first-order valence-electron chi connectivity index (χ1n) is 11.8. The van der Waals surface area contributed by atoms with Crippen molar-refractivity contribution in [3.05, 3.63) is 54.0 Å². The summed E-state index contributed by atoms with van der Waals surface area (Å²) in [7, 11) is 1.44. The maximum atomic E-state index is 13.1. The summed E-state index contributed by atoms with van der Waals surface area (Å²) in [5, 5.41) is 5.85. The Kier molecular flexibility index (Phi) is 8.04. The van der Waals surface area contributed by atoms with Crippen molar-refractivity contribution in [2.24, 2.45) is 0 Å². The highest BCUT2D eigenvalue weighted by molar-refractivity contribution is 5.79. The number of nitrogens with two attached hydrogens (primary N) is 1. The molecule has 0 fully saturated rings. The van der Waals surface area contributed by atoms with Gasteiger partial charge < -0.3 is 26.1 Å². The minimum Gasteiger partial charge on any atom is -0.382 e. The summed E-state index contributed by atoms with van der Waals surface area (Å²) in [4.78, 5) is 36.9. The molecule has 0 bridgehead atoms. The van der Waals surface area contributed by atoms with E-state index in [1.54, 1.807) is 19.2 Å². The smallest absolute Gasteiger partial charge is 0.382 e. The van der Waals surface area contributed by atoms with Gasteiger partial charge in [0.15, 0.2) is 0 Å². The van der Waals surface area contributed by atoms with Gasteiger partial charge in [0, 0.05) is 31.5 Å². The molecule has 0 aliphatic rings. The fraction of sp³-hybridized carbons (Fsp3) is 0.280. The third-order valence-corrected chi connectivity index (χ3v) is 5.58. The van der Waals surface area contributed by atoms with Crippen LogP contribution in [0.25, 0.3) is 34.2 Å². The minimum atomic E-state index is -4.45. The van der Waals surface area contributed by atoms with Gasteiger partial charge in [-0.05, 0) is 32.0 Å². The summed E-state index contributed by atoms with van der Waals surface area (Å²) in [5.41, 5.74) is 7.67. The highest BCUT2D eigenvalue weighted by Crippen LogP contribution is 2.34. The van der Waals surface area contributed by atoms with Crippen LogP contribution in [-0.4, -0.2) is 62.1 Å². The SMILES string of the molecule is COCC(=O)N[C@@H](C)CNc1nccc(-c2[nH]c(-c3ccc(C(F)(F)F)cc3)nc2-c2cnc(N)c(C)n2)n1. The Morgan fingerprint density at radius 1 is 1.10 bits per heavy atom. The molecule has 11 nitrogen and oxygen atoms in total. The normalized spacial score (nSPS) is 12.3. The summed E-state index contributed by atoms with van der Waals surface area (Å²) in [6, 6.07) is 6.07. The molecule has 1 aromatic carbocycles. The molecule has 4 rings (SSSR count). The van der Waals surface area contributed by atoms with E-state index in [1.165, 1.54) is 25.4 Å². The molecule has 0 unspecified atom stereocenters. The van der Waals surface area contributed by atoms with Crippen LogP contribution in [0.2, 0.25) is 0 Å². The number of alkyl halides is 3. The Balaban J connectivity index is 1.68. The van der Waals surface area contributed by atoms with Crippen LogP contribution in [0, 0.1) is 6.92 Å². The molecule has 1 amide bonds. The van der Waals surface area contributed by atoms with Gasteiger partial charge in [-0.2, -0.15) is 13.2 Å². The van der Waals surface area contributed by atoms with E-state index in [1.807, 2.05) is 6.92 Å². The Labute approximate surface area is 221 Å². The Bertz CT molecular complexity index is 1460. The topological polar surface area (TPSA) is 157 Å². The molecule has 39 heavy (non-hydrogen) atoms. The van der Waals surface area contributed by atoms with Gasteiger partial charge in [-0.25, -0.2) is 24.9 Å². The number of carbonyl (C=O) groups excluding carboxylic acids is 1. The number of amides is 1. The minimum absolute atomic E-state index is 0.0479. The van der Waals surface area contributed by atoms with Crippen molar-refractivity contribution in [2.45, 2.75) is 26.1 Å². The number of aryl methyl sites for hydroxylation is 1. The number of halogens is 3. The van der Waals surface area contributed by atoms with Crippen LogP contribution in [0.3, 0.4) is 0 Å². The van der Waals surface area contributed by atoms with Crippen molar-refractivity contribution in [1.29, 1.82) is 0 Å². The van der Waals surface area contributed by atoms with E-state index < -0.39 is 11.7 Å². The fourth-order valence-corrected chi connectivity index (χ4v) is 3.63. The second-order valence-corrected chi connectivity index (χ2v) is 8.66. The summed E-state index contributed by atoms with van der Waals surface area (Å²) in [6.45, 7) is 3.81. The number of nitrogen functional groups attached to an aromatic ring is 1. The fourth-order valence-electron chi connectivity index (χ4n) is 3.63. The van der Waals surface area contributed by atoms with Gasteiger partial charge >= 0.3 is 6.18 Å². The van der Waals surface area contributed by atoms with Crippen LogP contribution < -0.4 is 16.4 Å². The molecule has 0 spiro atoms. The van der Waals surface area contributed by atoms with Gasteiger partial charge in [0.2, 0.25) is 11.9 Å². The molecule has 1 atom stereocenters. The number of nitrogens with one attached hydrogen (secondary N) is 3. The van der Waals surface area contributed by atoms with Gasteiger partial charge in [-0.15, -0.1) is 0 Å². The molecule has 3 heterocycles. The monoisotopic (exact) mass is 541 g/mol. The van der Waals surface area contributed by atoms with Gasteiger partial charge in [0.05, 0.1) is 28.8 Å². The molecule has 14 heteroatoms. The molecule has 4 aromatic rings. The molecule has 204 valence electrons. The maximum absolute atomic E-state index is 13.1. The average Bonchev–Trinajstić information content (AvgIpc) is 3.35. The number of anilines is 2. The Morgan fingerprint density at radius 3 is 2.51 bits per heavy atom. The number of carbonyl (C=O) groups is 1. The number of hydrogen-bond acceptors (Lipinski definition) is 9. The second kappa shape index (κ2) is 11.4. The van der Waals surface area contributed by atoms with Crippen LogP contribution in [0.5, 0.6) is 0 Å². The Morgan fingerprint density at radius 2 is 1.85 bits per heavy atom. The van der Waals surface area contributed by atoms with Gasteiger partial charge in [0.25, 0.3) is 0 Å². The summed E-state index contributed by atoms with van der Waals surface area (Å²) >= 11 is 0. The number of rotatable bonds is 9. The van der Waals surface area contributed by atoms with Gasteiger partial charge in [-0.1, -0.05) is 12.1 Å². The summed E-state index contributed by atoms with van der Waals surface area (Å²) in [5.74, 6) is 0.613. The molecule has 0 radical (unpaired) electrons. The maximum Gasteiger partial charge on any atom is 0.416 e. The zero-order chi connectivity index (χ0) is 28.2. The molecule has 0 saturated heterocycles. The van der Waals surface area contributed by atoms with Crippen LogP contribution in [-0.2, 0) is 15.7 Å². The van der Waals surface area contributed by atoms with Crippen molar-refractivity contribution < 1.29 is 22.7 Å². The van der Waals surface area contributed by atoms with Crippen LogP contribution in [0.4, 0.5) is 24.9 Å². The number of nitrogens with zero attached hydrogens (tertiary/aromatic N) is 5. The number of aromatic nitrogens is 6. The van der Waals surface area contributed by atoms with Crippen molar-refractivity contribution in [3.63, 3.8) is 0 Å². The zero-order valence-electron chi connectivity index (χ0n) is 21.3. The molecule has 5 N–H and O–H groups in total. The number of imidazole rings is 1. The molecule has 0 aliphatic carbocycles. The lowest BCUT2D eigenvalue weighted by molar-refractivity contribution is -0.137. The summed E-state index contributed by atoms with van der Waals surface area (Å²) in [6.07, 6.45) is -1.45. The van der Waals surface area contributed by atoms with E-state index in [0.29, 0.717) is 46.4 Å². The standard InChI is InChI=1S/C25H26F3N9O2/c1-13(33-19(38)12-39-3)10-32-24-30-9-8-17(35-24)20-21(18-11-31-22(29)14(2)34-18)37-23(36-20)15-4-6-16(7-5-15)25(26,27)28/h4-9,11,13H,10,12H2,1-3H3,(H2,29,31)(H,33,38)(H,36,37)(H,30,32,35)/t13-/m0/s1. The first-order chi connectivity index (χ1) is 18.5. The lowest BCUT2D eigenvalue weighted by Crippen LogP contribution is -2.39. The zero-order valence-corrected chi connectivity index (χ0v) is 21.3. The third kappa shape index (κ3) is 6.65. The molecule has 0 aliphatic heterocycles. The first-order valence-corrected chi connectivity index (χ1v) is 11.8. The van der Waals surface area contributed by atoms with E-state index >= 15 is 0 Å². The quantitative estimate of drug-likeness (QED) is 0.249. The van der Waals surface area contributed by atoms with Crippen LogP contribution in [0.1, 0.15) is 18.2 Å². The highest BCUT2D eigenvalue weighted by Gasteiger charge is 2.30. The molecule has 0 saturated carbocycles. The van der Waals surface area contributed by atoms with E-state index in [4.69, 9.17) is 10.5 Å². The van der Waals surface area contributed by atoms with Gasteiger partial charge in [-0.3, -0.25) is 4.79 Å². The number of methoxy groups -OCH3 is 1. The van der Waals surface area contributed by atoms with Crippen molar-refractivity contribution >= 4 is 17.7 Å². The lowest BCUT2D eigenvalue weighted by atomic mass is 10.1. The number of aromatic amines is 1. The van der Waals surface area contributed by atoms with Crippen molar-refractivity contribution in [1.82, 2.24) is 35.2 Å². The van der Waals surface area contributed by atoms with E-state index in [-0.39, 0.29) is 30.3 Å². The largest absolute Gasteiger partial charge is 0.416 e. The van der Waals surface area contributed by atoms with Gasteiger partial charge in [0.1, 0.15) is 29.6 Å². The van der Waals surface area contributed by atoms with Crippen LogP contribution in [0.15, 0.2) is 42.7 Å². The van der Waals surface area contributed by atoms with Crippen molar-refractivity contribution in [2.75, 3.05) is 31.3 Å². The summed E-state index contributed by atoms with van der Waals surface area (Å²) < 4.78 is 44.0. The van der Waals surface area contributed by atoms with E-state index in [9.17, 15) is 18.0 Å². The first kappa shape index (κ1) is 27.4. The van der Waals surface area contributed by atoms with E-state index in [0.717, 1.165) is 12.1 Å². The van der Waals surface area contributed by atoms with Crippen molar-refractivity contribution in [3.8, 4) is 34.2 Å². The Hall–Kier alpha value is -4.59. The highest BCUT2D eigenvalue weighted by atomic mass is 19.4. The number of benzene rings is 1. The number of ether oxygens (including phenoxy) is 1. The number of H-pyrrole nitrogens is 1. The molecule has 3 aromatic heterocycles. The lowest BCUT2D eigenvalue weighted by Gasteiger charge is -2.14. The number of hydrogen-bond donors (Lipinski definition) is 4. The molecular weight excluding hydrogens is 515 g/mol. The molecular formula is C25H26F3N9O2. The average molecular weight is 542 g/mol. The predicted octanol–water partition coefficient (Wildman–Crippen LogP) is 3.46. The predicted molar refractivity (Wildman–Crippen MR) is 138 cm³/mol. The second-order valence-electron chi connectivity index (χ2n) is 8.66. The van der Waals surface area contributed by atoms with E-state index in [2.05, 4.69) is 40.5 Å². The van der Waals surface area contributed by atoms with Crippen LogP contribution >= 0.6 is 0 Å². The third-order valence-electron chi connectivity index (χ3n) is 5.58.